The minimum atomic E-state index is 1.07. The van der Waals surface area contributed by atoms with E-state index in [2.05, 4.69) is 60.2 Å². The van der Waals surface area contributed by atoms with Gasteiger partial charge in [-0.25, -0.2) is 4.98 Å². The summed E-state index contributed by atoms with van der Waals surface area (Å²) in [7, 11) is 2.19. The fraction of sp³-hybridized carbons (Fsp3) is 0.562. The molecule has 0 unspecified atom stereocenters. The van der Waals surface area contributed by atoms with E-state index in [1.165, 1.54) is 33.1 Å². The standard InChI is InChI=1S/C16H20Br2N4/c1-10-12(17)13(18)11-4-3-5-22-15(11)14(10)19-16(22)21-8-6-20(2)7-9-21/h3-9H2,1-2H3. The molecule has 0 radical (unpaired) electrons. The third kappa shape index (κ3) is 2.14. The molecule has 0 atom stereocenters. The highest BCUT2D eigenvalue weighted by Gasteiger charge is 2.27. The van der Waals surface area contributed by atoms with Crippen molar-refractivity contribution in [3.63, 3.8) is 0 Å². The Kier molecular flexibility index (Phi) is 3.74. The maximum absolute atomic E-state index is 5.05. The maximum Gasteiger partial charge on any atom is 0.206 e. The first kappa shape index (κ1) is 15.0. The van der Waals surface area contributed by atoms with E-state index in [4.69, 9.17) is 4.98 Å². The van der Waals surface area contributed by atoms with Crippen LogP contribution in [0.25, 0.3) is 11.0 Å². The van der Waals surface area contributed by atoms with Crippen molar-refractivity contribution in [3.8, 4) is 0 Å². The highest BCUT2D eigenvalue weighted by Crippen LogP contribution is 2.41. The molecule has 0 amide bonds. The van der Waals surface area contributed by atoms with Gasteiger partial charge in [0.25, 0.3) is 0 Å². The van der Waals surface area contributed by atoms with Gasteiger partial charge in [-0.3, -0.25) is 0 Å². The van der Waals surface area contributed by atoms with E-state index in [1.807, 2.05) is 0 Å². The van der Waals surface area contributed by atoms with Crippen molar-refractivity contribution in [3.05, 3.63) is 20.1 Å². The lowest BCUT2D eigenvalue weighted by Crippen LogP contribution is -2.45. The second kappa shape index (κ2) is 5.49. The molecule has 2 aromatic rings. The van der Waals surface area contributed by atoms with Gasteiger partial charge in [-0.1, -0.05) is 0 Å². The molecule has 0 aliphatic carbocycles. The lowest BCUT2D eigenvalue weighted by molar-refractivity contribution is 0.310. The van der Waals surface area contributed by atoms with E-state index < -0.39 is 0 Å². The smallest absolute Gasteiger partial charge is 0.206 e. The molecule has 118 valence electrons. The highest BCUT2D eigenvalue weighted by atomic mass is 79.9. The molecule has 0 bridgehead atoms. The van der Waals surface area contributed by atoms with E-state index in [-0.39, 0.29) is 0 Å². The number of halogens is 2. The fourth-order valence-electron chi connectivity index (χ4n) is 3.62. The number of nitrogens with zero attached hydrogens (tertiary/aromatic N) is 4. The van der Waals surface area contributed by atoms with Crippen LogP contribution >= 0.6 is 31.9 Å². The van der Waals surface area contributed by atoms with E-state index in [9.17, 15) is 0 Å². The number of anilines is 1. The van der Waals surface area contributed by atoms with Crippen molar-refractivity contribution in [2.45, 2.75) is 26.3 Å². The maximum atomic E-state index is 5.05. The number of imidazole rings is 1. The van der Waals surface area contributed by atoms with E-state index in [1.54, 1.807) is 0 Å². The number of benzene rings is 1. The summed E-state index contributed by atoms with van der Waals surface area (Å²) in [5.41, 5.74) is 5.15. The Morgan fingerprint density at radius 3 is 2.45 bits per heavy atom. The van der Waals surface area contributed by atoms with Crippen LogP contribution < -0.4 is 4.90 Å². The lowest BCUT2D eigenvalue weighted by atomic mass is 10.0. The molecule has 2 aliphatic heterocycles. The van der Waals surface area contributed by atoms with Crippen LogP contribution in [0.15, 0.2) is 8.95 Å². The van der Waals surface area contributed by atoms with Gasteiger partial charge in [0, 0.05) is 41.7 Å². The first-order chi connectivity index (χ1) is 10.6. The van der Waals surface area contributed by atoms with Crippen LogP contribution in [0.1, 0.15) is 17.5 Å². The SMILES string of the molecule is Cc1c(Br)c(Br)c2c3c1nc(N1CCN(C)CC1)n3CCC2. The summed E-state index contributed by atoms with van der Waals surface area (Å²) in [6.07, 6.45) is 2.32. The first-order valence-corrected chi connectivity index (χ1v) is 9.46. The molecule has 0 N–H and O–H groups in total. The third-order valence-electron chi connectivity index (χ3n) is 4.97. The molecule has 1 aromatic heterocycles. The van der Waals surface area contributed by atoms with E-state index >= 15 is 0 Å². The predicted molar refractivity (Wildman–Crippen MR) is 97.9 cm³/mol. The number of piperazine rings is 1. The molecule has 4 nitrogen and oxygen atoms in total. The van der Waals surface area contributed by atoms with Crippen LogP contribution in [-0.4, -0.2) is 47.7 Å². The van der Waals surface area contributed by atoms with Gasteiger partial charge in [0.2, 0.25) is 5.95 Å². The van der Waals surface area contributed by atoms with Gasteiger partial charge < -0.3 is 14.4 Å². The van der Waals surface area contributed by atoms with Crippen molar-refractivity contribution >= 4 is 48.8 Å². The molecule has 22 heavy (non-hydrogen) atoms. The Labute approximate surface area is 147 Å². The Morgan fingerprint density at radius 1 is 1.00 bits per heavy atom. The van der Waals surface area contributed by atoms with Gasteiger partial charge in [0.15, 0.2) is 0 Å². The highest BCUT2D eigenvalue weighted by molar-refractivity contribution is 9.13. The van der Waals surface area contributed by atoms with Crippen molar-refractivity contribution in [2.75, 3.05) is 38.1 Å². The van der Waals surface area contributed by atoms with Crippen molar-refractivity contribution in [1.29, 1.82) is 0 Å². The largest absolute Gasteiger partial charge is 0.340 e. The van der Waals surface area contributed by atoms with Gasteiger partial charge in [0.1, 0.15) is 0 Å². The number of hydrogen-bond acceptors (Lipinski definition) is 3. The van der Waals surface area contributed by atoms with Gasteiger partial charge in [-0.2, -0.15) is 0 Å². The summed E-state index contributed by atoms with van der Waals surface area (Å²) in [5, 5.41) is 0. The van der Waals surface area contributed by atoms with Crippen LogP contribution in [0.5, 0.6) is 0 Å². The number of likely N-dealkylation sites (N-methyl/N-ethyl adjacent to an activating group) is 1. The zero-order chi connectivity index (χ0) is 15.4. The summed E-state index contributed by atoms with van der Waals surface area (Å²) in [4.78, 5) is 9.90. The van der Waals surface area contributed by atoms with Crippen LogP contribution in [-0.2, 0) is 13.0 Å². The Balaban J connectivity index is 1.91. The number of hydrogen-bond donors (Lipinski definition) is 0. The molecule has 2 aliphatic rings. The van der Waals surface area contributed by atoms with Crippen LogP contribution in [0.3, 0.4) is 0 Å². The topological polar surface area (TPSA) is 24.3 Å². The average Bonchev–Trinajstić information content (AvgIpc) is 2.92. The second-order valence-electron chi connectivity index (χ2n) is 6.39. The second-order valence-corrected chi connectivity index (χ2v) is 7.97. The van der Waals surface area contributed by atoms with Crippen LogP contribution in [0.4, 0.5) is 5.95 Å². The lowest BCUT2D eigenvalue weighted by Gasteiger charge is -2.33. The molecular formula is C16H20Br2N4. The Morgan fingerprint density at radius 2 is 1.73 bits per heavy atom. The predicted octanol–water partition coefficient (Wildman–Crippen LogP) is 3.57. The molecule has 4 rings (SSSR count). The van der Waals surface area contributed by atoms with Crippen LogP contribution in [0.2, 0.25) is 0 Å². The molecule has 1 saturated heterocycles. The van der Waals surface area contributed by atoms with Crippen molar-refractivity contribution in [1.82, 2.24) is 14.5 Å². The molecule has 6 heteroatoms. The first-order valence-electron chi connectivity index (χ1n) is 7.88. The number of rotatable bonds is 1. The zero-order valence-corrected chi connectivity index (χ0v) is 16.2. The summed E-state index contributed by atoms with van der Waals surface area (Å²) in [6.45, 7) is 7.60. The van der Waals surface area contributed by atoms with Crippen LogP contribution in [0, 0.1) is 6.92 Å². The monoisotopic (exact) mass is 426 g/mol. The van der Waals surface area contributed by atoms with Gasteiger partial charge in [-0.05, 0) is 69.8 Å². The summed E-state index contributed by atoms with van der Waals surface area (Å²) < 4.78 is 4.82. The molecule has 1 aromatic carbocycles. The summed E-state index contributed by atoms with van der Waals surface area (Å²) in [6, 6.07) is 0. The van der Waals surface area contributed by atoms with E-state index in [0.29, 0.717) is 0 Å². The third-order valence-corrected chi connectivity index (χ3v) is 7.37. The quantitative estimate of drug-likeness (QED) is 0.695. The van der Waals surface area contributed by atoms with Gasteiger partial charge in [0.05, 0.1) is 11.0 Å². The number of aryl methyl sites for hydroxylation is 3. The number of aromatic nitrogens is 2. The van der Waals surface area contributed by atoms with E-state index in [0.717, 1.165) is 49.6 Å². The average molecular weight is 428 g/mol. The zero-order valence-electron chi connectivity index (χ0n) is 13.0. The minimum Gasteiger partial charge on any atom is -0.340 e. The molecule has 0 saturated carbocycles. The van der Waals surface area contributed by atoms with Gasteiger partial charge in [-0.15, -0.1) is 0 Å². The fourth-order valence-corrected chi connectivity index (χ4v) is 4.73. The summed E-state index contributed by atoms with van der Waals surface area (Å²) in [5.74, 6) is 1.16. The van der Waals surface area contributed by atoms with Gasteiger partial charge >= 0.3 is 0 Å². The minimum absolute atomic E-state index is 1.07. The normalized spacial score (nSPS) is 19.2. The molecular weight excluding hydrogens is 408 g/mol. The van der Waals surface area contributed by atoms with Crippen molar-refractivity contribution in [2.24, 2.45) is 0 Å². The Hall–Kier alpha value is -0.590. The summed E-state index contributed by atoms with van der Waals surface area (Å²) >= 11 is 7.52. The Bertz CT molecular complexity index is 745. The molecule has 3 heterocycles. The molecule has 1 fully saturated rings. The van der Waals surface area contributed by atoms with Crippen molar-refractivity contribution < 1.29 is 0 Å². The molecule has 0 spiro atoms.